The van der Waals surface area contributed by atoms with E-state index >= 15 is 0 Å². The predicted octanol–water partition coefficient (Wildman–Crippen LogP) is 1.84. The molecule has 3 fully saturated rings. The van der Waals surface area contributed by atoms with Gasteiger partial charge in [-0.2, -0.15) is 4.31 Å². The fourth-order valence-electron chi connectivity index (χ4n) is 4.85. The average molecular weight is 396 g/mol. The average Bonchev–Trinajstić information content (AvgIpc) is 3.10. The van der Waals surface area contributed by atoms with Gasteiger partial charge in [-0.1, -0.05) is 12.8 Å². The van der Waals surface area contributed by atoms with E-state index in [-0.39, 0.29) is 10.8 Å². The summed E-state index contributed by atoms with van der Waals surface area (Å²) in [6, 6.07) is 1.87. The minimum atomic E-state index is -3.59. The summed E-state index contributed by atoms with van der Waals surface area (Å²) in [7, 11) is -1.83. The van der Waals surface area contributed by atoms with Gasteiger partial charge in [0, 0.05) is 38.9 Å². The lowest BCUT2D eigenvalue weighted by molar-refractivity contribution is 0.0382. The second-order valence-corrected chi connectivity index (χ2v) is 9.88. The van der Waals surface area contributed by atoms with Crippen LogP contribution in [-0.4, -0.2) is 67.0 Å². The van der Waals surface area contributed by atoms with Crippen molar-refractivity contribution in [2.24, 2.45) is 13.0 Å². The van der Waals surface area contributed by atoms with Crippen LogP contribution in [0.15, 0.2) is 17.2 Å². The molecule has 2 aliphatic heterocycles. The van der Waals surface area contributed by atoms with Crippen molar-refractivity contribution in [2.75, 3.05) is 32.8 Å². The molecule has 1 saturated carbocycles. The number of piperidine rings is 1. The van der Waals surface area contributed by atoms with Gasteiger partial charge in [-0.15, -0.1) is 0 Å². The van der Waals surface area contributed by atoms with Crippen molar-refractivity contribution < 1.29 is 17.9 Å². The molecule has 0 N–H and O–H groups in total. The summed E-state index contributed by atoms with van der Waals surface area (Å²) < 4.78 is 34.2. The summed E-state index contributed by atoms with van der Waals surface area (Å²) in [5, 5.41) is 0. The molecule has 2 atom stereocenters. The number of morpholine rings is 1. The maximum Gasteiger partial charge on any atom is 0.270 e. The lowest BCUT2D eigenvalue weighted by Gasteiger charge is -2.44. The maximum absolute atomic E-state index is 13.3. The van der Waals surface area contributed by atoms with Gasteiger partial charge in [-0.3, -0.25) is 4.79 Å². The second kappa shape index (κ2) is 7.56. The molecule has 3 aliphatic rings. The molecule has 0 spiro atoms. The molecule has 0 aromatic carbocycles. The van der Waals surface area contributed by atoms with E-state index in [1.54, 1.807) is 23.9 Å². The number of likely N-dealkylation sites (tertiary alicyclic amines) is 1. The molecule has 4 rings (SSSR count). The summed E-state index contributed by atoms with van der Waals surface area (Å²) in [5.74, 6) is 0.575. The Hall–Kier alpha value is -1.38. The second-order valence-electron chi connectivity index (χ2n) is 7.94. The summed E-state index contributed by atoms with van der Waals surface area (Å²) in [6.45, 7) is 2.31. The number of hydrogen-bond donors (Lipinski definition) is 0. The third kappa shape index (κ3) is 3.54. The first-order valence-corrected chi connectivity index (χ1v) is 11.5. The molecule has 7 nitrogen and oxygen atoms in total. The molecule has 1 aromatic heterocycles. The smallest absolute Gasteiger partial charge is 0.270 e. The number of carbonyl (C=O) groups is 1. The van der Waals surface area contributed by atoms with Gasteiger partial charge in [-0.25, -0.2) is 8.42 Å². The largest absolute Gasteiger partial charge is 0.379 e. The quantitative estimate of drug-likeness (QED) is 0.783. The van der Waals surface area contributed by atoms with Crippen molar-refractivity contribution in [3.63, 3.8) is 0 Å². The van der Waals surface area contributed by atoms with Crippen molar-refractivity contribution in [1.82, 2.24) is 13.8 Å². The van der Waals surface area contributed by atoms with Gasteiger partial charge in [0.05, 0.1) is 13.2 Å². The van der Waals surface area contributed by atoms with E-state index in [4.69, 9.17) is 4.74 Å². The number of sulfonamides is 1. The van der Waals surface area contributed by atoms with Gasteiger partial charge in [0.2, 0.25) is 10.0 Å². The number of aromatic nitrogens is 1. The SMILES string of the molecule is Cn1cc(S(=O)(=O)N2CCOCC2)cc1C(=O)N1CCC[C@@H]2CCCC[C@@H]21. The lowest BCUT2D eigenvalue weighted by Crippen LogP contribution is -2.50. The van der Waals surface area contributed by atoms with Gasteiger partial charge in [0.1, 0.15) is 10.6 Å². The van der Waals surface area contributed by atoms with E-state index in [9.17, 15) is 13.2 Å². The van der Waals surface area contributed by atoms with E-state index in [1.807, 2.05) is 4.90 Å². The fraction of sp³-hybridized carbons (Fsp3) is 0.737. The number of rotatable bonds is 3. The zero-order valence-corrected chi connectivity index (χ0v) is 16.8. The van der Waals surface area contributed by atoms with Crippen LogP contribution in [0.2, 0.25) is 0 Å². The van der Waals surface area contributed by atoms with Crippen molar-refractivity contribution in [3.8, 4) is 0 Å². The van der Waals surface area contributed by atoms with Crippen LogP contribution in [-0.2, 0) is 21.8 Å². The Kier molecular flexibility index (Phi) is 5.31. The summed E-state index contributed by atoms with van der Waals surface area (Å²) in [4.78, 5) is 15.5. The van der Waals surface area contributed by atoms with Gasteiger partial charge < -0.3 is 14.2 Å². The molecule has 1 aromatic rings. The van der Waals surface area contributed by atoms with E-state index in [0.29, 0.717) is 44.0 Å². The number of fused-ring (bicyclic) bond motifs is 1. The topological polar surface area (TPSA) is 71.9 Å². The normalized spacial score (nSPS) is 27.4. The van der Waals surface area contributed by atoms with Gasteiger partial charge in [-0.05, 0) is 37.7 Å². The Bertz CT molecular complexity index is 796. The number of amides is 1. The first kappa shape index (κ1) is 19.0. The molecule has 150 valence electrons. The number of nitrogens with zero attached hydrogens (tertiary/aromatic N) is 3. The van der Waals surface area contributed by atoms with Crippen LogP contribution < -0.4 is 0 Å². The third-order valence-corrected chi connectivity index (χ3v) is 8.17. The highest BCUT2D eigenvalue weighted by atomic mass is 32.2. The predicted molar refractivity (Wildman–Crippen MR) is 101 cm³/mol. The fourth-order valence-corrected chi connectivity index (χ4v) is 6.33. The third-order valence-electron chi connectivity index (χ3n) is 6.31. The van der Waals surface area contributed by atoms with E-state index < -0.39 is 10.0 Å². The maximum atomic E-state index is 13.3. The molecule has 3 heterocycles. The molecule has 2 saturated heterocycles. The van der Waals surface area contributed by atoms with Crippen molar-refractivity contribution >= 4 is 15.9 Å². The molecule has 1 amide bonds. The molecule has 0 bridgehead atoms. The molecule has 27 heavy (non-hydrogen) atoms. The monoisotopic (exact) mass is 395 g/mol. The van der Waals surface area contributed by atoms with Crippen molar-refractivity contribution in [2.45, 2.75) is 49.5 Å². The van der Waals surface area contributed by atoms with E-state index in [2.05, 4.69) is 0 Å². The van der Waals surface area contributed by atoms with Crippen LogP contribution in [0.25, 0.3) is 0 Å². The number of carbonyl (C=O) groups excluding carboxylic acids is 1. The van der Waals surface area contributed by atoms with Crippen LogP contribution in [0.4, 0.5) is 0 Å². The van der Waals surface area contributed by atoms with Gasteiger partial charge in [0.15, 0.2) is 0 Å². The number of ether oxygens (including phenoxy) is 1. The van der Waals surface area contributed by atoms with Crippen LogP contribution in [0, 0.1) is 5.92 Å². The highest BCUT2D eigenvalue weighted by Gasteiger charge is 2.37. The van der Waals surface area contributed by atoms with Crippen LogP contribution in [0.1, 0.15) is 49.0 Å². The van der Waals surface area contributed by atoms with Gasteiger partial charge >= 0.3 is 0 Å². The Balaban J connectivity index is 1.58. The molecule has 0 unspecified atom stereocenters. The Morgan fingerprint density at radius 1 is 1.07 bits per heavy atom. The first-order chi connectivity index (χ1) is 13.0. The highest BCUT2D eigenvalue weighted by Crippen LogP contribution is 2.36. The van der Waals surface area contributed by atoms with E-state index in [0.717, 1.165) is 19.4 Å². The van der Waals surface area contributed by atoms with Crippen LogP contribution in [0.5, 0.6) is 0 Å². The number of hydrogen-bond acceptors (Lipinski definition) is 4. The van der Waals surface area contributed by atoms with E-state index in [1.165, 1.54) is 30.0 Å². The van der Waals surface area contributed by atoms with Crippen LogP contribution >= 0.6 is 0 Å². The summed E-state index contributed by atoms with van der Waals surface area (Å²) >= 11 is 0. The van der Waals surface area contributed by atoms with Crippen molar-refractivity contribution in [1.29, 1.82) is 0 Å². The molecule has 1 aliphatic carbocycles. The van der Waals surface area contributed by atoms with Crippen LogP contribution in [0.3, 0.4) is 0 Å². The zero-order chi connectivity index (χ0) is 19.0. The zero-order valence-electron chi connectivity index (χ0n) is 16.0. The minimum Gasteiger partial charge on any atom is -0.379 e. The lowest BCUT2D eigenvalue weighted by atomic mass is 9.78. The Labute approximate surface area is 161 Å². The summed E-state index contributed by atoms with van der Waals surface area (Å²) in [6.07, 6.45) is 8.52. The Morgan fingerprint density at radius 3 is 2.56 bits per heavy atom. The molecular weight excluding hydrogens is 366 g/mol. The number of aryl methyl sites for hydroxylation is 1. The molecular formula is C19H29N3O4S. The minimum absolute atomic E-state index is 0.0301. The van der Waals surface area contributed by atoms with Gasteiger partial charge in [0.25, 0.3) is 5.91 Å². The Morgan fingerprint density at radius 2 is 1.78 bits per heavy atom. The molecule has 8 heteroatoms. The van der Waals surface area contributed by atoms with Crippen molar-refractivity contribution in [3.05, 3.63) is 18.0 Å². The molecule has 0 radical (unpaired) electrons. The summed E-state index contributed by atoms with van der Waals surface area (Å²) in [5.41, 5.74) is 0.466. The standard InChI is InChI=1S/C19H29N3O4S/c1-20-14-16(27(24,25)21-9-11-26-12-10-21)13-18(20)19(23)22-8-4-6-15-5-2-3-7-17(15)22/h13-15,17H,2-12H2,1H3/t15-,17-/m0/s1. The first-order valence-electron chi connectivity index (χ1n) is 10.0. The highest BCUT2D eigenvalue weighted by molar-refractivity contribution is 7.89.